The van der Waals surface area contributed by atoms with Crippen LogP contribution in [-0.2, 0) is 6.42 Å². The quantitative estimate of drug-likeness (QED) is 0.784. The highest BCUT2D eigenvalue weighted by atomic mass is 35.5. The molecule has 0 saturated heterocycles. The minimum Gasteiger partial charge on any atom is -0.377 e. The first kappa shape index (κ1) is 11.1. The van der Waals surface area contributed by atoms with E-state index in [0.29, 0.717) is 6.04 Å². The highest BCUT2D eigenvalue weighted by Gasteiger charge is 2.25. The second kappa shape index (κ2) is 4.04. The van der Waals surface area contributed by atoms with E-state index < -0.39 is 0 Å². The molecule has 88 valence electrons. The number of hydrogen-bond donors (Lipinski definition) is 1. The van der Waals surface area contributed by atoms with Gasteiger partial charge in [0.1, 0.15) is 0 Å². The maximum Gasteiger partial charge on any atom is 0.0932 e. The summed E-state index contributed by atoms with van der Waals surface area (Å²) in [6.45, 7) is 4.35. The van der Waals surface area contributed by atoms with Crippen LogP contribution in [0.5, 0.6) is 0 Å². The van der Waals surface area contributed by atoms with E-state index in [1.165, 1.54) is 27.3 Å². The second-order valence-corrected chi connectivity index (χ2v) is 6.34. The van der Waals surface area contributed by atoms with E-state index in [0.717, 1.165) is 10.8 Å². The standard InChI is InChI=1S/C14H14ClNS/c1-8-3-4-9(2)14-10(8)7-11(16-14)12-5-6-13(15)17-12/h3-6,11,16H,7H2,1-2H3. The number of rotatable bonds is 1. The molecule has 1 unspecified atom stereocenters. The van der Waals surface area contributed by atoms with Crippen LogP contribution in [0.15, 0.2) is 24.3 Å². The number of halogens is 1. The third-order valence-electron chi connectivity index (χ3n) is 3.42. The van der Waals surface area contributed by atoms with Gasteiger partial charge in [0.15, 0.2) is 0 Å². The molecule has 0 aliphatic carbocycles. The van der Waals surface area contributed by atoms with E-state index in [4.69, 9.17) is 11.6 Å². The third kappa shape index (κ3) is 1.85. The minimum atomic E-state index is 0.391. The van der Waals surface area contributed by atoms with Crippen LogP contribution < -0.4 is 5.32 Å². The summed E-state index contributed by atoms with van der Waals surface area (Å²) in [5.74, 6) is 0. The lowest BCUT2D eigenvalue weighted by atomic mass is 10.0. The van der Waals surface area contributed by atoms with Crippen molar-refractivity contribution < 1.29 is 0 Å². The summed E-state index contributed by atoms with van der Waals surface area (Å²) >= 11 is 7.67. The summed E-state index contributed by atoms with van der Waals surface area (Å²) in [5.41, 5.74) is 5.48. The van der Waals surface area contributed by atoms with Gasteiger partial charge in [-0.1, -0.05) is 23.7 Å². The van der Waals surface area contributed by atoms with E-state index in [-0.39, 0.29) is 0 Å². The molecule has 3 heteroatoms. The van der Waals surface area contributed by atoms with Crippen LogP contribution >= 0.6 is 22.9 Å². The van der Waals surface area contributed by atoms with Crippen molar-refractivity contribution >= 4 is 28.6 Å². The van der Waals surface area contributed by atoms with Crippen molar-refractivity contribution in [1.82, 2.24) is 0 Å². The van der Waals surface area contributed by atoms with Crippen LogP contribution in [0.2, 0.25) is 4.34 Å². The Labute approximate surface area is 110 Å². The fraction of sp³-hybridized carbons (Fsp3) is 0.286. The van der Waals surface area contributed by atoms with Gasteiger partial charge in [0, 0.05) is 10.6 Å². The number of thiophene rings is 1. The van der Waals surface area contributed by atoms with E-state index >= 15 is 0 Å². The molecule has 1 atom stereocenters. The molecule has 0 fully saturated rings. The van der Waals surface area contributed by atoms with Crippen molar-refractivity contribution in [1.29, 1.82) is 0 Å². The summed E-state index contributed by atoms with van der Waals surface area (Å²) in [6.07, 6.45) is 1.07. The summed E-state index contributed by atoms with van der Waals surface area (Å²) in [7, 11) is 0. The number of nitrogens with one attached hydrogen (secondary N) is 1. The zero-order chi connectivity index (χ0) is 12.0. The largest absolute Gasteiger partial charge is 0.377 e. The van der Waals surface area contributed by atoms with Crippen molar-refractivity contribution in [3.63, 3.8) is 0 Å². The predicted molar refractivity (Wildman–Crippen MR) is 75.3 cm³/mol. The molecule has 0 spiro atoms. The van der Waals surface area contributed by atoms with Gasteiger partial charge >= 0.3 is 0 Å². The molecule has 1 aromatic heterocycles. The Morgan fingerprint density at radius 1 is 1.18 bits per heavy atom. The van der Waals surface area contributed by atoms with Gasteiger partial charge in [-0.25, -0.2) is 0 Å². The molecule has 2 aromatic rings. The van der Waals surface area contributed by atoms with Gasteiger partial charge in [0.25, 0.3) is 0 Å². The summed E-state index contributed by atoms with van der Waals surface area (Å²) in [4.78, 5) is 1.32. The van der Waals surface area contributed by atoms with Gasteiger partial charge in [-0.15, -0.1) is 11.3 Å². The highest BCUT2D eigenvalue weighted by Crippen LogP contribution is 2.40. The predicted octanol–water partition coefficient (Wildman–Crippen LogP) is 4.73. The zero-order valence-electron chi connectivity index (χ0n) is 9.88. The SMILES string of the molecule is Cc1ccc(C)c2c1CC(c1ccc(Cl)s1)N2. The lowest BCUT2D eigenvalue weighted by Crippen LogP contribution is -2.03. The maximum atomic E-state index is 6.00. The summed E-state index contributed by atoms with van der Waals surface area (Å²) < 4.78 is 0.867. The molecule has 2 heterocycles. The summed E-state index contributed by atoms with van der Waals surface area (Å²) in [5, 5.41) is 3.62. The fourth-order valence-electron chi connectivity index (χ4n) is 2.45. The molecule has 1 nitrogen and oxygen atoms in total. The van der Waals surface area contributed by atoms with Crippen LogP contribution in [0.1, 0.15) is 27.6 Å². The zero-order valence-corrected chi connectivity index (χ0v) is 11.5. The van der Waals surface area contributed by atoms with Crippen molar-refractivity contribution in [3.8, 4) is 0 Å². The van der Waals surface area contributed by atoms with Crippen molar-refractivity contribution in [2.75, 3.05) is 5.32 Å². The Balaban J connectivity index is 1.98. The molecule has 3 rings (SSSR count). The molecule has 0 radical (unpaired) electrons. The lowest BCUT2D eigenvalue weighted by molar-refractivity contribution is 0.840. The van der Waals surface area contributed by atoms with Gasteiger partial charge < -0.3 is 5.32 Å². The van der Waals surface area contributed by atoms with E-state index in [1.54, 1.807) is 11.3 Å². The van der Waals surface area contributed by atoms with Gasteiger partial charge in [-0.2, -0.15) is 0 Å². The molecular formula is C14H14ClNS. The Morgan fingerprint density at radius 3 is 2.59 bits per heavy atom. The average Bonchev–Trinajstić information content (AvgIpc) is 2.90. The smallest absolute Gasteiger partial charge is 0.0932 e. The first-order valence-electron chi connectivity index (χ1n) is 5.76. The number of benzene rings is 1. The first-order valence-corrected chi connectivity index (χ1v) is 6.95. The average molecular weight is 264 g/mol. The normalized spacial score (nSPS) is 17.9. The molecule has 1 aliphatic heterocycles. The van der Waals surface area contributed by atoms with Crippen LogP contribution in [0, 0.1) is 13.8 Å². The molecule has 1 N–H and O–H groups in total. The van der Waals surface area contributed by atoms with Crippen LogP contribution in [-0.4, -0.2) is 0 Å². The summed E-state index contributed by atoms with van der Waals surface area (Å²) in [6, 6.07) is 8.89. The third-order valence-corrected chi connectivity index (χ3v) is 4.76. The second-order valence-electron chi connectivity index (χ2n) is 4.60. The van der Waals surface area contributed by atoms with E-state index in [9.17, 15) is 0 Å². The molecule has 17 heavy (non-hydrogen) atoms. The Hall–Kier alpha value is -0.990. The number of anilines is 1. The minimum absolute atomic E-state index is 0.391. The van der Waals surface area contributed by atoms with E-state index in [1.807, 2.05) is 6.07 Å². The number of hydrogen-bond acceptors (Lipinski definition) is 2. The van der Waals surface area contributed by atoms with Crippen molar-refractivity contribution in [2.24, 2.45) is 0 Å². The molecule has 0 saturated carbocycles. The van der Waals surface area contributed by atoms with E-state index in [2.05, 4.69) is 37.4 Å². The molecule has 0 bridgehead atoms. The fourth-order valence-corrected chi connectivity index (χ4v) is 3.56. The maximum absolute atomic E-state index is 6.00. The monoisotopic (exact) mass is 263 g/mol. The number of aryl methyl sites for hydroxylation is 2. The topological polar surface area (TPSA) is 12.0 Å². The van der Waals surface area contributed by atoms with Gasteiger partial charge in [-0.05, 0) is 49.1 Å². The van der Waals surface area contributed by atoms with Crippen molar-refractivity contribution in [2.45, 2.75) is 26.3 Å². The van der Waals surface area contributed by atoms with Gasteiger partial charge in [0.05, 0.1) is 10.4 Å². The highest BCUT2D eigenvalue weighted by molar-refractivity contribution is 7.16. The van der Waals surface area contributed by atoms with Gasteiger partial charge in [0.2, 0.25) is 0 Å². The molecule has 1 aromatic carbocycles. The van der Waals surface area contributed by atoms with Crippen LogP contribution in [0.25, 0.3) is 0 Å². The lowest BCUT2D eigenvalue weighted by Gasteiger charge is -2.09. The Bertz CT molecular complexity index is 543. The van der Waals surface area contributed by atoms with Gasteiger partial charge in [-0.3, -0.25) is 0 Å². The molecule has 1 aliphatic rings. The Morgan fingerprint density at radius 2 is 1.94 bits per heavy atom. The van der Waals surface area contributed by atoms with Crippen LogP contribution in [0.4, 0.5) is 5.69 Å². The van der Waals surface area contributed by atoms with Crippen LogP contribution in [0.3, 0.4) is 0 Å². The number of fused-ring (bicyclic) bond motifs is 1. The molecule has 0 amide bonds. The molecular weight excluding hydrogens is 250 g/mol. The van der Waals surface area contributed by atoms with Crippen molar-refractivity contribution in [3.05, 3.63) is 50.2 Å². The first-order chi connectivity index (χ1) is 8.15. The Kier molecular flexibility index (Phi) is 2.64.